The maximum Gasteiger partial charge on any atom is 0.302 e. The minimum absolute atomic E-state index is 0.0247. The second-order valence-electron chi connectivity index (χ2n) is 9.71. The number of morpholine rings is 1. The molecule has 1 atom stereocenters. The standard InChI is InChI=1S/C27H32I3N3O13/c1-12(35)43-6-16(7-44-13(2)36)31-26(40)20-22(28)21(27(41)32-17(8-45-14(3)37)9-46-15(4)38)24(30)25(23(20)29)33-18(5-34)10-42-11-19(33)39/h16-18,34H,5-11H2,1-4H3,(H,31,40)(H,32,41). The molecule has 3 N–H and O–H groups in total. The van der Waals surface area contributed by atoms with Gasteiger partial charge >= 0.3 is 23.9 Å². The SMILES string of the molecule is CC(=O)OCC(COC(C)=O)NC(=O)c1c(I)c(C(=O)NC(COC(C)=O)COC(C)=O)c(I)c(N2C(=O)COCC2CO)c1I. The Bertz CT molecular complexity index is 1260. The van der Waals surface area contributed by atoms with Crippen LogP contribution in [-0.4, -0.2) is 111 Å². The Morgan fingerprint density at radius 3 is 1.46 bits per heavy atom. The molecule has 0 spiro atoms. The van der Waals surface area contributed by atoms with Crippen molar-refractivity contribution >= 4 is 115 Å². The number of carbonyl (C=O) groups excluding carboxylic acids is 7. The molecule has 16 nitrogen and oxygen atoms in total. The van der Waals surface area contributed by atoms with Gasteiger partial charge in [-0.15, -0.1) is 0 Å². The minimum atomic E-state index is -0.987. The zero-order valence-electron chi connectivity index (χ0n) is 25.1. The third-order valence-corrected chi connectivity index (χ3v) is 9.17. The van der Waals surface area contributed by atoms with Crippen LogP contribution in [0.1, 0.15) is 48.4 Å². The number of benzene rings is 1. The zero-order valence-corrected chi connectivity index (χ0v) is 31.6. The average Bonchev–Trinajstić information content (AvgIpc) is 2.96. The van der Waals surface area contributed by atoms with Gasteiger partial charge in [0.2, 0.25) is 0 Å². The lowest BCUT2D eigenvalue weighted by molar-refractivity contribution is -0.146. The van der Waals surface area contributed by atoms with E-state index in [4.69, 9.17) is 23.7 Å². The van der Waals surface area contributed by atoms with Crippen molar-refractivity contribution in [1.82, 2.24) is 10.6 Å². The summed E-state index contributed by atoms with van der Waals surface area (Å²) in [6.07, 6.45) is 0. The van der Waals surface area contributed by atoms with E-state index in [2.05, 4.69) is 10.6 Å². The van der Waals surface area contributed by atoms with E-state index >= 15 is 0 Å². The van der Waals surface area contributed by atoms with Gasteiger partial charge < -0.3 is 44.3 Å². The van der Waals surface area contributed by atoms with E-state index in [-0.39, 0.29) is 67.2 Å². The average molecular weight is 987 g/mol. The fourth-order valence-corrected chi connectivity index (χ4v) is 8.65. The van der Waals surface area contributed by atoms with E-state index in [1.165, 1.54) is 32.6 Å². The third kappa shape index (κ3) is 11.4. The Balaban J connectivity index is 2.71. The summed E-state index contributed by atoms with van der Waals surface area (Å²) >= 11 is 5.52. The third-order valence-electron chi connectivity index (χ3n) is 5.99. The molecule has 46 heavy (non-hydrogen) atoms. The maximum absolute atomic E-state index is 13.9. The molecule has 0 aromatic heterocycles. The van der Waals surface area contributed by atoms with Crippen LogP contribution in [-0.2, 0) is 47.7 Å². The van der Waals surface area contributed by atoms with Crippen molar-refractivity contribution < 1.29 is 62.4 Å². The molecule has 0 saturated carbocycles. The second-order valence-corrected chi connectivity index (χ2v) is 12.9. The summed E-state index contributed by atoms with van der Waals surface area (Å²) in [5.41, 5.74) is 0.0483. The smallest absolute Gasteiger partial charge is 0.302 e. The summed E-state index contributed by atoms with van der Waals surface area (Å²) < 4.78 is 26.0. The first kappa shape index (κ1) is 39.8. The van der Waals surface area contributed by atoms with E-state index in [0.717, 1.165) is 0 Å². The van der Waals surface area contributed by atoms with Gasteiger partial charge in [-0.2, -0.15) is 0 Å². The molecule has 0 bridgehead atoms. The van der Waals surface area contributed by atoms with E-state index in [1.807, 2.05) is 45.2 Å². The molecule has 1 fully saturated rings. The molecule has 3 amide bonds. The lowest BCUT2D eigenvalue weighted by Gasteiger charge is -2.36. The van der Waals surface area contributed by atoms with Crippen LogP contribution in [0.4, 0.5) is 5.69 Å². The molecule has 1 heterocycles. The maximum atomic E-state index is 13.9. The molecule has 1 unspecified atom stereocenters. The molecule has 1 aromatic rings. The van der Waals surface area contributed by atoms with Gasteiger partial charge in [0.25, 0.3) is 17.7 Å². The number of hydrogen-bond donors (Lipinski definition) is 3. The van der Waals surface area contributed by atoms with Crippen molar-refractivity contribution in [1.29, 1.82) is 0 Å². The highest BCUT2D eigenvalue weighted by atomic mass is 127. The Morgan fingerprint density at radius 1 is 0.761 bits per heavy atom. The number of anilines is 1. The molecule has 19 heteroatoms. The van der Waals surface area contributed by atoms with Crippen molar-refractivity contribution in [3.63, 3.8) is 0 Å². The van der Waals surface area contributed by atoms with Crippen LogP contribution in [0.15, 0.2) is 0 Å². The number of aliphatic hydroxyl groups is 1. The Morgan fingerprint density at radius 2 is 1.13 bits per heavy atom. The van der Waals surface area contributed by atoms with E-state index in [1.54, 1.807) is 22.6 Å². The number of aliphatic hydroxyl groups excluding tert-OH is 1. The zero-order chi connectivity index (χ0) is 34.7. The number of esters is 4. The van der Waals surface area contributed by atoms with Crippen molar-refractivity contribution in [2.75, 3.05) is 51.1 Å². The summed E-state index contributed by atoms with van der Waals surface area (Å²) in [4.78, 5) is 88.0. The molecule has 1 aliphatic heterocycles. The van der Waals surface area contributed by atoms with Gasteiger partial charge in [0, 0.05) is 31.3 Å². The van der Waals surface area contributed by atoms with E-state index in [0.29, 0.717) is 0 Å². The number of hydrogen-bond acceptors (Lipinski definition) is 13. The van der Waals surface area contributed by atoms with Crippen LogP contribution < -0.4 is 15.5 Å². The first-order valence-electron chi connectivity index (χ1n) is 13.4. The Kier molecular flexibility index (Phi) is 16.3. The Hall–Kier alpha value is -2.38. The van der Waals surface area contributed by atoms with Crippen molar-refractivity contribution in [2.24, 2.45) is 0 Å². The molecule has 0 aliphatic carbocycles. The van der Waals surface area contributed by atoms with Gasteiger partial charge in [-0.05, 0) is 67.8 Å². The molecule has 2 rings (SSSR count). The monoisotopic (exact) mass is 987 g/mol. The van der Waals surface area contributed by atoms with Gasteiger partial charge in [0.15, 0.2) is 0 Å². The van der Waals surface area contributed by atoms with E-state index < -0.39 is 66.3 Å². The number of rotatable bonds is 14. The normalized spacial score (nSPS) is 14.5. The molecular weight excluding hydrogens is 955 g/mol. The molecule has 1 aromatic carbocycles. The molecular formula is C27H32I3N3O13. The molecule has 1 saturated heterocycles. The predicted molar refractivity (Wildman–Crippen MR) is 183 cm³/mol. The van der Waals surface area contributed by atoms with Crippen LogP contribution >= 0.6 is 67.8 Å². The highest BCUT2D eigenvalue weighted by Gasteiger charge is 2.38. The van der Waals surface area contributed by atoms with E-state index in [9.17, 15) is 38.7 Å². The van der Waals surface area contributed by atoms with Gasteiger partial charge in [-0.1, -0.05) is 0 Å². The second kappa shape index (κ2) is 18.8. The number of ether oxygens (including phenoxy) is 5. The summed E-state index contributed by atoms with van der Waals surface area (Å²) in [6.45, 7) is 2.47. The first-order valence-corrected chi connectivity index (χ1v) is 16.7. The Labute approximate surface area is 304 Å². The highest BCUT2D eigenvalue weighted by molar-refractivity contribution is 14.1. The number of nitrogens with zero attached hydrogens (tertiary/aromatic N) is 1. The number of carbonyl (C=O) groups is 7. The molecule has 0 radical (unpaired) electrons. The van der Waals surface area contributed by atoms with Crippen LogP contribution in [0.3, 0.4) is 0 Å². The van der Waals surface area contributed by atoms with Gasteiger partial charge in [-0.25, -0.2) is 0 Å². The number of halogens is 3. The van der Waals surface area contributed by atoms with Crippen molar-refractivity contribution in [2.45, 2.75) is 45.8 Å². The molecule has 254 valence electrons. The minimum Gasteiger partial charge on any atom is -0.464 e. The quantitative estimate of drug-likeness (QED) is 0.133. The van der Waals surface area contributed by atoms with Crippen molar-refractivity contribution in [3.8, 4) is 0 Å². The number of amides is 3. The van der Waals surface area contributed by atoms with Gasteiger partial charge in [-0.3, -0.25) is 33.6 Å². The summed E-state index contributed by atoms with van der Waals surface area (Å²) in [7, 11) is 0. The van der Waals surface area contributed by atoms with Crippen LogP contribution in [0.2, 0.25) is 0 Å². The fraction of sp³-hybridized carbons (Fsp3) is 0.519. The van der Waals surface area contributed by atoms with Crippen LogP contribution in [0.5, 0.6) is 0 Å². The number of nitrogens with one attached hydrogen (secondary N) is 2. The lowest BCUT2D eigenvalue weighted by Crippen LogP contribution is -2.52. The summed E-state index contributed by atoms with van der Waals surface area (Å²) in [5, 5.41) is 15.4. The fourth-order valence-electron chi connectivity index (χ4n) is 3.98. The van der Waals surface area contributed by atoms with Crippen LogP contribution in [0.25, 0.3) is 0 Å². The lowest BCUT2D eigenvalue weighted by atomic mass is 10.0. The predicted octanol–water partition coefficient (Wildman–Crippen LogP) is 0.674. The first-order chi connectivity index (χ1) is 21.6. The highest BCUT2D eigenvalue weighted by Crippen LogP contribution is 2.39. The van der Waals surface area contributed by atoms with Gasteiger partial charge in [0.05, 0.1) is 55.3 Å². The summed E-state index contributed by atoms with van der Waals surface area (Å²) in [5.74, 6) is -4.62. The van der Waals surface area contributed by atoms with Crippen molar-refractivity contribution in [3.05, 3.63) is 21.8 Å². The van der Waals surface area contributed by atoms with Gasteiger partial charge in [0.1, 0.15) is 33.0 Å². The topological polar surface area (TPSA) is 213 Å². The summed E-state index contributed by atoms with van der Waals surface area (Å²) in [6, 6.07) is -2.82. The molecule has 1 aliphatic rings. The largest absolute Gasteiger partial charge is 0.464 e. The van der Waals surface area contributed by atoms with Crippen LogP contribution in [0, 0.1) is 10.7 Å².